The van der Waals surface area contributed by atoms with Crippen LogP contribution in [0.2, 0.25) is 5.02 Å². The summed E-state index contributed by atoms with van der Waals surface area (Å²) in [4.78, 5) is 16.9. The van der Waals surface area contributed by atoms with Gasteiger partial charge < -0.3 is 24.1 Å². The summed E-state index contributed by atoms with van der Waals surface area (Å²) < 4.78 is 22.6. The van der Waals surface area contributed by atoms with E-state index in [0.717, 1.165) is 22.6 Å². The van der Waals surface area contributed by atoms with Gasteiger partial charge in [-0.2, -0.15) is 0 Å². The first kappa shape index (κ1) is 27.0. The third kappa shape index (κ3) is 6.99. The lowest BCUT2D eigenvalue weighted by Crippen LogP contribution is -2.17. The van der Waals surface area contributed by atoms with E-state index < -0.39 is 0 Å². The number of carbonyl (C=O) groups excluding carboxylic acids is 1. The van der Waals surface area contributed by atoms with Gasteiger partial charge in [0.25, 0.3) is 0 Å². The van der Waals surface area contributed by atoms with Crippen LogP contribution in [0.4, 0.5) is 0 Å². The molecule has 3 aromatic rings. The first-order valence-corrected chi connectivity index (χ1v) is 11.8. The van der Waals surface area contributed by atoms with Gasteiger partial charge in [0, 0.05) is 25.6 Å². The maximum atomic E-state index is 12.7. The van der Waals surface area contributed by atoms with Crippen molar-refractivity contribution in [2.24, 2.45) is 4.99 Å². The molecule has 7 nitrogen and oxygen atoms in total. The van der Waals surface area contributed by atoms with Crippen molar-refractivity contribution in [1.29, 1.82) is 0 Å². The molecule has 0 atom stereocenters. The van der Waals surface area contributed by atoms with Gasteiger partial charge in [-0.25, -0.2) is 0 Å². The molecule has 0 aromatic heterocycles. The third-order valence-electron chi connectivity index (χ3n) is 5.46. The predicted molar refractivity (Wildman–Crippen MR) is 140 cm³/mol. The normalized spacial score (nSPS) is 11.2. The minimum atomic E-state index is -0.207. The molecule has 0 saturated carbocycles. The summed E-state index contributed by atoms with van der Waals surface area (Å²) in [5.41, 5.74) is 2.52. The van der Waals surface area contributed by atoms with Gasteiger partial charge in [-0.05, 0) is 53.9 Å². The number of rotatable bonds is 13. The fraction of sp³-hybridized carbons (Fsp3) is 0.286. The highest BCUT2D eigenvalue weighted by Crippen LogP contribution is 2.39. The second kappa shape index (κ2) is 13.5. The Bertz CT molecular complexity index is 1180. The Morgan fingerprint density at radius 2 is 1.42 bits per heavy atom. The summed E-state index contributed by atoms with van der Waals surface area (Å²) >= 11 is 6.78. The number of methoxy groups -OCH3 is 2. The molecule has 0 heterocycles. The minimum Gasteiger partial charge on any atom is -0.497 e. The highest BCUT2D eigenvalue weighted by Gasteiger charge is 2.22. The molecule has 0 spiro atoms. The SMILES string of the molecule is CN=C(C(=O)CCCO)c1ccc(OCc2ccc(OC)cc2)c(OCc2ccc(OC)cc2)c1Cl. The van der Waals surface area contributed by atoms with E-state index >= 15 is 0 Å². The number of carbonyl (C=O) groups is 1. The molecule has 36 heavy (non-hydrogen) atoms. The molecular weight excluding hydrogens is 482 g/mol. The van der Waals surface area contributed by atoms with Gasteiger partial charge >= 0.3 is 0 Å². The maximum absolute atomic E-state index is 12.7. The van der Waals surface area contributed by atoms with Gasteiger partial charge in [0.1, 0.15) is 30.4 Å². The first-order chi connectivity index (χ1) is 17.5. The van der Waals surface area contributed by atoms with Crippen molar-refractivity contribution in [1.82, 2.24) is 0 Å². The monoisotopic (exact) mass is 511 g/mol. The van der Waals surface area contributed by atoms with E-state index in [9.17, 15) is 4.79 Å². The minimum absolute atomic E-state index is 0.0785. The standard InChI is InChI=1S/C28H30ClNO6/c1-30-27(24(32)5-4-16-31)23-14-15-25(35-17-19-6-10-21(33-2)11-7-19)28(26(23)29)36-18-20-8-12-22(34-3)13-9-20/h6-15,31H,4-5,16-18H2,1-3H3. The van der Waals surface area contributed by atoms with Gasteiger partial charge in [-0.15, -0.1) is 0 Å². The second-order valence-electron chi connectivity index (χ2n) is 7.85. The molecule has 3 rings (SSSR count). The van der Waals surface area contributed by atoms with Crippen LogP contribution in [-0.2, 0) is 18.0 Å². The number of halogens is 1. The number of ether oxygens (including phenoxy) is 4. The van der Waals surface area contributed by atoms with Crippen molar-refractivity contribution in [2.45, 2.75) is 26.1 Å². The fourth-order valence-electron chi connectivity index (χ4n) is 3.48. The van der Waals surface area contributed by atoms with Crippen LogP contribution in [-0.4, -0.2) is 44.5 Å². The average molecular weight is 512 g/mol. The van der Waals surface area contributed by atoms with E-state index in [2.05, 4.69) is 4.99 Å². The number of hydrogen-bond acceptors (Lipinski definition) is 7. The number of nitrogens with zero attached hydrogens (tertiary/aromatic N) is 1. The van der Waals surface area contributed by atoms with Crippen molar-refractivity contribution in [2.75, 3.05) is 27.9 Å². The Morgan fingerprint density at radius 3 is 1.92 bits per heavy atom. The zero-order valence-electron chi connectivity index (χ0n) is 20.6. The lowest BCUT2D eigenvalue weighted by atomic mass is 10.0. The molecule has 0 aliphatic rings. The van der Waals surface area contributed by atoms with E-state index in [1.807, 2.05) is 48.5 Å². The fourth-order valence-corrected chi connectivity index (χ4v) is 3.78. The first-order valence-electron chi connectivity index (χ1n) is 11.5. The van der Waals surface area contributed by atoms with E-state index in [1.165, 1.54) is 7.05 Å². The van der Waals surface area contributed by atoms with E-state index in [1.54, 1.807) is 26.4 Å². The quantitative estimate of drug-likeness (QED) is 0.314. The third-order valence-corrected chi connectivity index (χ3v) is 5.84. The summed E-state index contributed by atoms with van der Waals surface area (Å²) in [5.74, 6) is 2.04. The van der Waals surface area contributed by atoms with Gasteiger partial charge in [0.15, 0.2) is 17.3 Å². The Labute approximate surface area is 216 Å². The van der Waals surface area contributed by atoms with Crippen LogP contribution >= 0.6 is 11.6 Å². The Hall–Kier alpha value is -3.55. The molecule has 0 aliphatic heterocycles. The topological polar surface area (TPSA) is 86.6 Å². The zero-order valence-corrected chi connectivity index (χ0v) is 21.4. The van der Waals surface area contributed by atoms with Crippen LogP contribution in [0, 0.1) is 0 Å². The van der Waals surface area contributed by atoms with Crippen molar-refractivity contribution >= 4 is 23.1 Å². The molecule has 3 aromatic carbocycles. The lowest BCUT2D eigenvalue weighted by molar-refractivity contribution is -0.113. The van der Waals surface area contributed by atoms with Crippen LogP contribution in [0.1, 0.15) is 29.5 Å². The second-order valence-corrected chi connectivity index (χ2v) is 8.23. The van der Waals surface area contributed by atoms with Crippen molar-refractivity contribution < 1.29 is 28.8 Å². The van der Waals surface area contributed by atoms with Crippen molar-refractivity contribution in [3.63, 3.8) is 0 Å². The van der Waals surface area contributed by atoms with Gasteiger partial charge in [-0.1, -0.05) is 35.9 Å². The Morgan fingerprint density at radius 1 is 0.861 bits per heavy atom. The maximum Gasteiger partial charge on any atom is 0.181 e. The molecule has 190 valence electrons. The summed E-state index contributed by atoms with van der Waals surface area (Å²) in [6, 6.07) is 18.4. The summed E-state index contributed by atoms with van der Waals surface area (Å²) in [6.45, 7) is 0.427. The van der Waals surface area contributed by atoms with E-state index in [-0.39, 0.29) is 42.8 Å². The van der Waals surface area contributed by atoms with Gasteiger partial charge in [0.2, 0.25) is 0 Å². The molecule has 8 heteroatoms. The molecule has 0 aliphatic carbocycles. The summed E-state index contributed by atoms with van der Waals surface area (Å²) in [5, 5.41) is 9.33. The molecule has 0 amide bonds. The van der Waals surface area contributed by atoms with Gasteiger partial charge in [0.05, 0.1) is 19.2 Å². The number of hydrogen-bond donors (Lipinski definition) is 1. The molecule has 0 unspecified atom stereocenters. The number of aliphatic imine (C=N–C) groups is 1. The van der Waals surface area contributed by atoms with Crippen LogP contribution < -0.4 is 18.9 Å². The molecular formula is C28H30ClNO6. The highest BCUT2D eigenvalue weighted by atomic mass is 35.5. The average Bonchev–Trinajstić information content (AvgIpc) is 2.92. The van der Waals surface area contributed by atoms with E-state index in [4.69, 9.17) is 35.7 Å². The molecule has 0 radical (unpaired) electrons. The van der Waals surface area contributed by atoms with Crippen LogP contribution in [0.25, 0.3) is 0 Å². The highest BCUT2D eigenvalue weighted by molar-refractivity contribution is 6.50. The Balaban J connectivity index is 1.90. The molecule has 0 saturated heterocycles. The smallest absolute Gasteiger partial charge is 0.181 e. The van der Waals surface area contributed by atoms with Crippen LogP contribution in [0.5, 0.6) is 23.0 Å². The van der Waals surface area contributed by atoms with Gasteiger partial charge in [-0.3, -0.25) is 9.79 Å². The van der Waals surface area contributed by atoms with Crippen molar-refractivity contribution in [3.8, 4) is 23.0 Å². The van der Waals surface area contributed by atoms with Crippen LogP contribution in [0.15, 0.2) is 65.7 Å². The zero-order chi connectivity index (χ0) is 25.9. The van der Waals surface area contributed by atoms with E-state index in [0.29, 0.717) is 23.5 Å². The summed E-state index contributed by atoms with van der Waals surface area (Å²) in [7, 11) is 4.76. The largest absolute Gasteiger partial charge is 0.497 e. The van der Waals surface area contributed by atoms with Crippen LogP contribution in [0.3, 0.4) is 0 Å². The Kier molecular flexibility index (Phi) is 10.2. The van der Waals surface area contributed by atoms with Crippen molar-refractivity contribution in [3.05, 3.63) is 82.4 Å². The number of ketones is 1. The number of aliphatic hydroxyl groups excluding tert-OH is 1. The molecule has 0 bridgehead atoms. The summed E-state index contributed by atoms with van der Waals surface area (Å²) in [6.07, 6.45) is 0.511. The predicted octanol–water partition coefficient (Wildman–Crippen LogP) is 5.28. The molecule has 1 N–H and O–H groups in total. The molecule has 0 fully saturated rings. The number of aliphatic hydroxyl groups is 1. The number of Topliss-reactive ketones (excluding diaryl/α,β-unsaturated/α-hetero) is 1. The number of benzene rings is 3. The lowest BCUT2D eigenvalue weighted by Gasteiger charge is -2.17.